The Bertz CT molecular complexity index is 1040. The summed E-state index contributed by atoms with van der Waals surface area (Å²) in [5.41, 5.74) is 0.710. The zero-order valence-electron chi connectivity index (χ0n) is 17.7. The Hall–Kier alpha value is -3.13. The maximum absolute atomic E-state index is 12.6. The molecule has 0 radical (unpaired) electrons. The maximum Gasteiger partial charge on any atom is 0.330 e. The Morgan fingerprint density at radius 2 is 1.80 bits per heavy atom. The molecule has 1 saturated heterocycles. The first-order chi connectivity index (χ1) is 14.4. The zero-order chi connectivity index (χ0) is 21.7. The van der Waals surface area contributed by atoms with Gasteiger partial charge in [-0.05, 0) is 30.2 Å². The lowest BCUT2D eigenvalue weighted by Gasteiger charge is -2.21. The second-order valence-corrected chi connectivity index (χ2v) is 7.48. The van der Waals surface area contributed by atoms with Gasteiger partial charge in [-0.2, -0.15) is 0 Å². The number of amides is 1. The van der Waals surface area contributed by atoms with Crippen LogP contribution in [0.25, 0.3) is 6.08 Å². The van der Waals surface area contributed by atoms with Crippen LogP contribution >= 0.6 is 0 Å². The molecule has 0 N–H and O–H groups in total. The van der Waals surface area contributed by atoms with Gasteiger partial charge < -0.3 is 14.2 Å². The van der Waals surface area contributed by atoms with Gasteiger partial charge in [0.05, 0.1) is 12.7 Å². The number of hydrogen-bond donors (Lipinski definition) is 0. The van der Waals surface area contributed by atoms with Crippen molar-refractivity contribution < 1.29 is 9.53 Å². The molecule has 8 nitrogen and oxygen atoms in total. The van der Waals surface area contributed by atoms with E-state index in [0.29, 0.717) is 18.7 Å². The van der Waals surface area contributed by atoms with Crippen molar-refractivity contribution in [3.63, 3.8) is 0 Å². The summed E-state index contributed by atoms with van der Waals surface area (Å²) < 4.78 is 7.56. The van der Waals surface area contributed by atoms with Crippen molar-refractivity contribution >= 4 is 12.0 Å². The van der Waals surface area contributed by atoms with E-state index in [4.69, 9.17) is 4.74 Å². The van der Waals surface area contributed by atoms with Gasteiger partial charge in [-0.3, -0.25) is 19.1 Å². The smallest absolute Gasteiger partial charge is 0.330 e. The normalized spacial score (nSPS) is 15.4. The average Bonchev–Trinajstić information content (AvgIpc) is 3.00. The highest BCUT2D eigenvalue weighted by Gasteiger charge is 2.18. The van der Waals surface area contributed by atoms with Gasteiger partial charge in [-0.1, -0.05) is 12.1 Å². The molecule has 0 saturated carbocycles. The summed E-state index contributed by atoms with van der Waals surface area (Å²) in [6.45, 7) is 3.84. The summed E-state index contributed by atoms with van der Waals surface area (Å²) in [4.78, 5) is 40.8. The molecule has 0 unspecified atom stereocenters. The van der Waals surface area contributed by atoms with Crippen molar-refractivity contribution in [1.29, 1.82) is 0 Å². The van der Waals surface area contributed by atoms with Crippen molar-refractivity contribution in [3.8, 4) is 5.75 Å². The van der Waals surface area contributed by atoms with Gasteiger partial charge in [-0.25, -0.2) is 4.79 Å². The summed E-state index contributed by atoms with van der Waals surface area (Å²) in [5.74, 6) is 0.712. The number of carbonyl (C=O) groups is 1. The van der Waals surface area contributed by atoms with E-state index >= 15 is 0 Å². The number of benzene rings is 1. The van der Waals surface area contributed by atoms with Gasteiger partial charge in [-0.15, -0.1) is 0 Å². The summed E-state index contributed by atoms with van der Waals surface area (Å²) in [6, 6.07) is 8.03. The fourth-order valence-electron chi connectivity index (χ4n) is 3.56. The van der Waals surface area contributed by atoms with Gasteiger partial charge in [0.25, 0.3) is 5.56 Å². The fourth-order valence-corrected chi connectivity index (χ4v) is 3.56. The van der Waals surface area contributed by atoms with Crippen LogP contribution in [0.15, 0.2) is 46.1 Å². The first kappa shape index (κ1) is 21.6. The van der Waals surface area contributed by atoms with Gasteiger partial charge in [0.1, 0.15) is 5.75 Å². The molecule has 1 aromatic heterocycles. The van der Waals surface area contributed by atoms with E-state index < -0.39 is 11.2 Å². The molecule has 3 rings (SSSR count). The number of methoxy groups -OCH3 is 1. The first-order valence-electron chi connectivity index (χ1n) is 9.98. The van der Waals surface area contributed by atoms with Gasteiger partial charge >= 0.3 is 5.69 Å². The lowest BCUT2D eigenvalue weighted by molar-refractivity contribution is -0.125. The zero-order valence-corrected chi connectivity index (χ0v) is 17.7. The second kappa shape index (κ2) is 9.58. The molecule has 1 amide bonds. The van der Waals surface area contributed by atoms with Crippen LogP contribution < -0.4 is 16.0 Å². The van der Waals surface area contributed by atoms with Crippen LogP contribution in [0.3, 0.4) is 0 Å². The third-order valence-electron chi connectivity index (χ3n) is 5.34. The lowest BCUT2D eigenvalue weighted by Crippen LogP contribution is -2.37. The topological polar surface area (TPSA) is 76.8 Å². The molecule has 30 heavy (non-hydrogen) atoms. The average molecular weight is 412 g/mol. The van der Waals surface area contributed by atoms with Crippen molar-refractivity contribution in [2.75, 3.05) is 33.3 Å². The molecular weight excluding hydrogens is 384 g/mol. The molecule has 1 aliphatic heterocycles. The van der Waals surface area contributed by atoms with Crippen molar-refractivity contribution in [2.45, 2.75) is 13.0 Å². The molecule has 0 aliphatic carbocycles. The third kappa shape index (κ3) is 5.07. The lowest BCUT2D eigenvalue weighted by atomic mass is 10.2. The highest BCUT2D eigenvalue weighted by molar-refractivity contribution is 5.91. The Morgan fingerprint density at radius 3 is 2.50 bits per heavy atom. The summed E-state index contributed by atoms with van der Waals surface area (Å²) in [7, 11) is 4.66. The van der Waals surface area contributed by atoms with Crippen LogP contribution in [0.1, 0.15) is 17.5 Å². The Kier molecular flexibility index (Phi) is 6.89. The van der Waals surface area contributed by atoms with E-state index in [2.05, 4.69) is 17.0 Å². The summed E-state index contributed by atoms with van der Waals surface area (Å²) in [6.07, 6.45) is 5.25. The summed E-state index contributed by atoms with van der Waals surface area (Å²) in [5, 5.41) is 0. The van der Waals surface area contributed by atoms with Crippen molar-refractivity contribution in [3.05, 3.63) is 68.5 Å². The van der Waals surface area contributed by atoms with Gasteiger partial charge in [0.2, 0.25) is 5.91 Å². The molecule has 1 aromatic carbocycles. The minimum Gasteiger partial charge on any atom is -0.497 e. The first-order valence-corrected chi connectivity index (χ1v) is 9.98. The van der Waals surface area contributed by atoms with Gasteiger partial charge in [0, 0.05) is 59.1 Å². The molecule has 1 aliphatic rings. The number of rotatable bonds is 5. The summed E-state index contributed by atoms with van der Waals surface area (Å²) >= 11 is 0. The van der Waals surface area contributed by atoms with Crippen molar-refractivity contribution in [1.82, 2.24) is 18.9 Å². The molecule has 0 bridgehead atoms. The SMILES string of the molecule is COc1ccc(CN2CCCN(C(=O)/C=C/c3cn(C)c(=O)n(C)c3=O)CC2)cc1. The number of carbonyl (C=O) groups excluding carboxylic acids is 1. The van der Waals surface area contributed by atoms with Crippen LogP contribution in [0.4, 0.5) is 0 Å². The maximum atomic E-state index is 12.6. The molecule has 0 spiro atoms. The monoisotopic (exact) mass is 412 g/mol. The van der Waals surface area contributed by atoms with Crippen molar-refractivity contribution in [2.24, 2.45) is 14.1 Å². The number of ether oxygens (including phenoxy) is 1. The molecule has 2 heterocycles. The third-order valence-corrected chi connectivity index (χ3v) is 5.34. The van der Waals surface area contributed by atoms with Crippen LogP contribution in [0.2, 0.25) is 0 Å². The molecule has 2 aromatic rings. The Labute approximate surface area is 175 Å². The molecule has 1 fully saturated rings. The van der Waals surface area contributed by atoms with E-state index in [1.54, 1.807) is 19.1 Å². The molecule has 8 heteroatoms. The van der Waals surface area contributed by atoms with Crippen LogP contribution in [-0.2, 0) is 25.4 Å². The highest BCUT2D eigenvalue weighted by Crippen LogP contribution is 2.14. The highest BCUT2D eigenvalue weighted by atomic mass is 16.5. The molecule has 0 atom stereocenters. The molecule has 160 valence electrons. The number of aromatic nitrogens is 2. The number of aryl methyl sites for hydroxylation is 1. The van der Waals surface area contributed by atoms with Crippen LogP contribution in [0.5, 0.6) is 5.75 Å². The second-order valence-electron chi connectivity index (χ2n) is 7.48. The largest absolute Gasteiger partial charge is 0.497 e. The van der Waals surface area contributed by atoms with E-state index in [0.717, 1.165) is 36.4 Å². The predicted molar refractivity (Wildman–Crippen MR) is 115 cm³/mol. The Balaban J connectivity index is 1.61. The van der Waals surface area contributed by atoms with E-state index in [9.17, 15) is 14.4 Å². The number of nitrogens with zero attached hydrogens (tertiary/aromatic N) is 4. The van der Waals surface area contributed by atoms with E-state index in [-0.39, 0.29) is 5.91 Å². The molecular formula is C22H28N4O4. The van der Waals surface area contributed by atoms with Crippen LogP contribution in [0, 0.1) is 0 Å². The van der Waals surface area contributed by atoms with Crippen LogP contribution in [-0.4, -0.2) is 58.1 Å². The standard InChI is InChI=1S/C22H28N4O4/c1-23-16-18(21(28)24(2)22(23)29)7-10-20(27)26-12-4-11-25(13-14-26)15-17-5-8-19(30-3)9-6-17/h5-10,16H,4,11-15H2,1-3H3/b10-7+. The number of hydrogen-bond acceptors (Lipinski definition) is 5. The van der Waals surface area contributed by atoms with Gasteiger partial charge in [0.15, 0.2) is 0 Å². The van der Waals surface area contributed by atoms with E-state index in [1.165, 1.54) is 35.5 Å². The minimum absolute atomic E-state index is 0.128. The predicted octanol–water partition coefficient (Wildman–Crippen LogP) is 0.840. The fraction of sp³-hybridized carbons (Fsp3) is 0.409. The Morgan fingerprint density at radius 1 is 1.07 bits per heavy atom. The minimum atomic E-state index is -0.413. The quantitative estimate of drug-likeness (QED) is 0.681. The van der Waals surface area contributed by atoms with E-state index in [1.807, 2.05) is 12.1 Å².